The lowest BCUT2D eigenvalue weighted by Gasteiger charge is -2.19. The number of carbonyl (C=O) groups excluding carboxylic acids is 1. The van der Waals surface area contributed by atoms with Gasteiger partial charge in [-0.2, -0.15) is 0 Å². The summed E-state index contributed by atoms with van der Waals surface area (Å²) in [4.78, 5) is 11.3. The summed E-state index contributed by atoms with van der Waals surface area (Å²) in [5.41, 5.74) is 1.82. The zero-order valence-corrected chi connectivity index (χ0v) is 10.7. The van der Waals surface area contributed by atoms with Crippen molar-refractivity contribution in [1.29, 1.82) is 0 Å². The molecule has 0 bridgehead atoms. The van der Waals surface area contributed by atoms with Crippen LogP contribution in [0, 0.1) is 0 Å². The van der Waals surface area contributed by atoms with Crippen molar-refractivity contribution in [2.45, 2.75) is 33.5 Å². The maximum atomic E-state index is 11.3. The molecule has 3 nitrogen and oxygen atoms in total. The Hall–Kier alpha value is -1.61. The number of hydrogen-bond donors (Lipinski definition) is 1. The van der Waals surface area contributed by atoms with Crippen molar-refractivity contribution >= 4 is 11.5 Å². The first-order chi connectivity index (χ1) is 8.02. The molecule has 0 amide bonds. The van der Waals surface area contributed by atoms with E-state index in [2.05, 4.69) is 0 Å². The molecule has 0 radical (unpaired) electrons. The van der Waals surface area contributed by atoms with Crippen LogP contribution in [0.4, 0.5) is 0 Å². The summed E-state index contributed by atoms with van der Waals surface area (Å²) in [5.74, 6) is -1.97. The molecule has 0 aliphatic carbocycles. The van der Waals surface area contributed by atoms with Crippen LogP contribution in [0.25, 0.3) is 5.57 Å². The summed E-state index contributed by atoms with van der Waals surface area (Å²) in [6.07, 6.45) is 0. The number of carbonyl (C=O) groups is 1. The zero-order valence-electron chi connectivity index (χ0n) is 10.7. The fourth-order valence-corrected chi connectivity index (χ4v) is 1.85. The van der Waals surface area contributed by atoms with Crippen molar-refractivity contribution in [3.63, 3.8) is 0 Å². The predicted molar refractivity (Wildman–Crippen MR) is 67.1 cm³/mol. The van der Waals surface area contributed by atoms with Gasteiger partial charge in [-0.1, -0.05) is 44.2 Å². The average Bonchev–Trinajstić information content (AvgIpc) is 2.52. The highest BCUT2D eigenvalue weighted by Crippen LogP contribution is 2.37. The van der Waals surface area contributed by atoms with Crippen molar-refractivity contribution in [3.8, 4) is 0 Å². The van der Waals surface area contributed by atoms with Crippen LogP contribution in [-0.2, 0) is 9.53 Å². The smallest absolute Gasteiger partial charge is 0.337 e. The van der Waals surface area contributed by atoms with Crippen molar-refractivity contribution in [1.82, 2.24) is 0 Å². The van der Waals surface area contributed by atoms with Crippen LogP contribution in [0.5, 0.6) is 0 Å². The number of esters is 1. The van der Waals surface area contributed by atoms with Gasteiger partial charge in [0.15, 0.2) is 0 Å². The Bertz CT molecular complexity index is 430. The number of benzene rings is 1. The molecule has 3 heteroatoms. The molecule has 2 rings (SSSR count). The summed E-state index contributed by atoms with van der Waals surface area (Å²) < 4.78 is 4.87. The van der Waals surface area contributed by atoms with Crippen molar-refractivity contribution in [2.24, 2.45) is 0 Å². The van der Waals surface area contributed by atoms with E-state index in [4.69, 9.17) is 4.74 Å². The highest BCUT2D eigenvalue weighted by atomic mass is 16.7. The number of ether oxygens (including phenoxy) is 1. The van der Waals surface area contributed by atoms with Gasteiger partial charge in [0.05, 0.1) is 0 Å². The second-order valence-electron chi connectivity index (χ2n) is 3.74. The van der Waals surface area contributed by atoms with Gasteiger partial charge in [0, 0.05) is 18.1 Å². The van der Waals surface area contributed by atoms with E-state index in [1.807, 2.05) is 44.2 Å². The minimum Gasteiger partial charge on any atom is -0.426 e. The Labute approximate surface area is 102 Å². The van der Waals surface area contributed by atoms with Crippen molar-refractivity contribution in [2.75, 3.05) is 0 Å². The fourth-order valence-electron chi connectivity index (χ4n) is 1.85. The topological polar surface area (TPSA) is 46.5 Å². The van der Waals surface area contributed by atoms with E-state index in [1.54, 1.807) is 6.92 Å². The second-order valence-corrected chi connectivity index (χ2v) is 3.74. The third-order valence-electron chi connectivity index (χ3n) is 2.50. The summed E-state index contributed by atoms with van der Waals surface area (Å²) in [6.45, 7) is 7.13. The van der Waals surface area contributed by atoms with Gasteiger partial charge >= 0.3 is 5.97 Å². The Morgan fingerprint density at radius 1 is 1.18 bits per heavy atom. The molecule has 0 fully saturated rings. The van der Waals surface area contributed by atoms with Crippen LogP contribution in [0.15, 0.2) is 35.9 Å². The van der Waals surface area contributed by atoms with E-state index in [-0.39, 0.29) is 0 Å². The van der Waals surface area contributed by atoms with Crippen LogP contribution in [-0.4, -0.2) is 16.9 Å². The lowest BCUT2D eigenvalue weighted by molar-refractivity contribution is -0.170. The van der Waals surface area contributed by atoms with Gasteiger partial charge in [0.25, 0.3) is 0 Å². The summed E-state index contributed by atoms with van der Waals surface area (Å²) in [7, 11) is 0. The van der Waals surface area contributed by atoms with Gasteiger partial charge in [-0.05, 0) is 12.5 Å². The predicted octanol–water partition coefficient (Wildman–Crippen LogP) is 2.75. The lowest BCUT2D eigenvalue weighted by atomic mass is 9.96. The molecule has 0 saturated carbocycles. The highest BCUT2D eigenvalue weighted by molar-refractivity contribution is 6.03. The summed E-state index contributed by atoms with van der Waals surface area (Å²) in [6, 6.07) is 9.28. The van der Waals surface area contributed by atoms with E-state index in [9.17, 15) is 9.90 Å². The number of aliphatic hydroxyl groups is 1. The standard InChI is InChI=1S/C12H12O3.C2H6/c1-8-10(9-6-4-3-5-7-9)12(2,14)15-11(8)13;1-2/h3-7,14H,1-2H3;1-2H3. The van der Waals surface area contributed by atoms with Crippen LogP contribution in [0.3, 0.4) is 0 Å². The average molecular weight is 234 g/mol. The first-order valence-corrected chi connectivity index (χ1v) is 5.75. The molecule has 1 N–H and O–H groups in total. The number of rotatable bonds is 1. The summed E-state index contributed by atoms with van der Waals surface area (Å²) in [5, 5.41) is 9.95. The van der Waals surface area contributed by atoms with Crippen LogP contribution >= 0.6 is 0 Å². The van der Waals surface area contributed by atoms with Gasteiger partial charge < -0.3 is 9.84 Å². The van der Waals surface area contributed by atoms with Crippen molar-refractivity contribution < 1.29 is 14.6 Å². The first kappa shape index (κ1) is 13.5. The van der Waals surface area contributed by atoms with E-state index in [0.717, 1.165) is 5.56 Å². The maximum absolute atomic E-state index is 11.3. The molecule has 0 spiro atoms. The summed E-state index contributed by atoms with van der Waals surface area (Å²) >= 11 is 0. The highest BCUT2D eigenvalue weighted by Gasteiger charge is 2.41. The van der Waals surface area contributed by atoms with Gasteiger partial charge in [0.1, 0.15) is 0 Å². The monoisotopic (exact) mass is 234 g/mol. The first-order valence-electron chi connectivity index (χ1n) is 5.75. The molecule has 1 heterocycles. The van der Waals surface area contributed by atoms with Crippen LogP contribution < -0.4 is 0 Å². The number of cyclic esters (lactones) is 1. The number of hydrogen-bond acceptors (Lipinski definition) is 3. The van der Waals surface area contributed by atoms with E-state index in [0.29, 0.717) is 11.1 Å². The SMILES string of the molecule is CC.CC1=C(c2ccccc2)C(C)(O)OC1=O. The molecule has 1 aromatic carbocycles. The van der Waals surface area contributed by atoms with E-state index >= 15 is 0 Å². The van der Waals surface area contributed by atoms with E-state index < -0.39 is 11.8 Å². The largest absolute Gasteiger partial charge is 0.426 e. The molecule has 1 unspecified atom stereocenters. The fraction of sp³-hybridized carbons (Fsp3) is 0.357. The quantitative estimate of drug-likeness (QED) is 0.760. The molecular formula is C14H18O3. The third kappa shape index (κ3) is 2.56. The van der Waals surface area contributed by atoms with Gasteiger partial charge in [-0.3, -0.25) is 0 Å². The van der Waals surface area contributed by atoms with E-state index in [1.165, 1.54) is 6.92 Å². The third-order valence-corrected chi connectivity index (χ3v) is 2.50. The zero-order chi connectivity index (χ0) is 13.1. The molecular weight excluding hydrogens is 216 g/mol. The normalized spacial score (nSPS) is 23.0. The molecule has 17 heavy (non-hydrogen) atoms. The minimum atomic E-state index is -1.51. The molecule has 0 saturated heterocycles. The van der Waals surface area contributed by atoms with Crippen molar-refractivity contribution in [3.05, 3.63) is 41.5 Å². The van der Waals surface area contributed by atoms with Gasteiger partial charge in [0.2, 0.25) is 5.79 Å². The minimum absolute atomic E-state index is 0.459. The Morgan fingerprint density at radius 2 is 1.71 bits per heavy atom. The lowest BCUT2D eigenvalue weighted by Crippen LogP contribution is -2.26. The van der Waals surface area contributed by atoms with Crippen LogP contribution in [0.2, 0.25) is 0 Å². The Balaban J connectivity index is 0.000000686. The Kier molecular flexibility index (Phi) is 4.07. The molecule has 92 valence electrons. The molecule has 1 aliphatic rings. The van der Waals surface area contributed by atoms with Crippen LogP contribution in [0.1, 0.15) is 33.3 Å². The maximum Gasteiger partial charge on any atom is 0.337 e. The molecule has 0 aromatic heterocycles. The molecule has 1 atom stereocenters. The Morgan fingerprint density at radius 3 is 2.12 bits per heavy atom. The van der Waals surface area contributed by atoms with Gasteiger partial charge in [-0.15, -0.1) is 0 Å². The molecule has 1 aromatic rings. The second kappa shape index (κ2) is 5.15. The molecule has 1 aliphatic heterocycles. The van der Waals surface area contributed by atoms with Gasteiger partial charge in [-0.25, -0.2) is 4.79 Å².